The average Bonchev–Trinajstić information content (AvgIpc) is 3.30. The highest BCUT2D eigenvalue weighted by Gasteiger charge is 2.31. The number of amides is 1. The van der Waals surface area contributed by atoms with Crippen molar-refractivity contribution in [2.45, 2.75) is 6.92 Å². The number of aryl methyl sites for hydroxylation is 1. The van der Waals surface area contributed by atoms with E-state index in [0.29, 0.717) is 40.1 Å². The monoisotopic (exact) mass is 469 g/mol. The molecule has 7 nitrogen and oxygen atoms in total. The minimum absolute atomic E-state index is 0.126. The van der Waals surface area contributed by atoms with Crippen LogP contribution in [0.15, 0.2) is 41.2 Å². The maximum atomic E-state index is 12.7. The van der Waals surface area contributed by atoms with Gasteiger partial charge in [-0.1, -0.05) is 35.1 Å². The van der Waals surface area contributed by atoms with Crippen LogP contribution in [0.25, 0.3) is 22.5 Å². The minimum Gasteiger partial charge on any atom is -0.506 e. The van der Waals surface area contributed by atoms with E-state index >= 15 is 0 Å². The Labute approximate surface area is 192 Å². The maximum absolute atomic E-state index is 12.7. The van der Waals surface area contributed by atoms with Crippen molar-refractivity contribution in [2.75, 3.05) is 36.5 Å². The zero-order chi connectivity index (χ0) is 22.4. The molecule has 3 N–H and O–H groups in total. The van der Waals surface area contributed by atoms with Gasteiger partial charge in [-0.15, -0.1) is 0 Å². The van der Waals surface area contributed by atoms with Crippen LogP contribution < -0.4 is 15.1 Å². The molecular weight excluding hydrogens is 450 g/mol. The van der Waals surface area contributed by atoms with E-state index in [0.717, 1.165) is 41.2 Å². The molecule has 1 amide bonds. The summed E-state index contributed by atoms with van der Waals surface area (Å²) >= 11 is 7.42. The number of nitrogens with zero attached hydrogens (tertiary/aromatic N) is 1. The van der Waals surface area contributed by atoms with Gasteiger partial charge in [-0.3, -0.25) is 9.59 Å². The van der Waals surface area contributed by atoms with Crippen LogP contribution in [-0.4, -0.2) is 42.3 Å². The van der Waals surface area contributed by atoms with Gasteiger partial charge < -0.3 is 25.0 Å². The Balaban J connectivity index is 1.56. The molecule has 5 rings (SSSR count). The summed E-state index contributed by atoms with van der Waals surface area (Å²) < 4.78 is 5.42. The van der Waals surface area contributed by atoms with Gasteiger partial charge in [0.05, 0.1) is 34.4 Å². The van der Waals surface area contributed by atoms with Crippen molar-refractivity contribution in [3.05, 3.63) is 67.2 Å². The summed E-state index contributed by atoms with van der Waals surface area (Å²) in [6.07, 6.45) is 0. The van der Waals surface area contributed by atoms with Crippen LogP contribution in [0.5, 0.6) is 0 Å². The normalized spacial score (nSPS) is 17.3. The van der Waals surface area contributed by atoms with Crippen molar-refractivity contribution < 1.29 is 14.6 Å². The Hall–Kier alpha value is -3.07. The number of hydrogen-bond acceptors (Lipinski definition) is 6. The average molecular weight is 470 g/mol. The van der Waals surface area contributed by atoms with E-state index in [9.17, 15) is 14.7 Å². The molecule has 0 saturated carbocycles. The molecule has 2 aliphatic heterocycles. The van der Waals surface area contributed by atoms with Crippen molar-refractivity contribution in [3.8, 4) is 11.1 Å². The topological polar surface area (TPSA) is 94.7 Å². The molecule has 9 heteroatoms. The number of thiazole rings is 1. The molecule has 0 atom stereocenters. The smallest absolute Gasteiger partial charge is 0.305 e. The van der Waals surface area contributed by atoms with E-state index in [2.05, 4.69) is 15.2 Å². The quantitative estimate of drug-likeness (QED) is 0.393. The second kappa shape index (κ2) is 8.12. The number of aromatic nitrogens is 1. The molecule has 0 aliphatic carbocycles. The lowest BCUT2D eigenvalue weighted by Crippen LogP contribution is -2.36. The number of aliphatic hydroxyl groups is 1. The number of aliphatic hydroxyl groups excluding tert-OH is 1. The highest BCUT2D eigenvalue weighted by molar-refractivity contribution is 7.10. The SMILES string of the molecule is Cc1[nH]c(=O)sc1C(O)=C1C(=O)Nc2cc(Cl)c(-c3ccc(N4CCOCC4)cc3)cc21. The Morgan fingerprint density at radius 2 is 1.84 bits per heavy atom. The van der Waals surface area contributed by atoms with E-state index in [1.54, 1.807) is 19.1 Å². The largest absolute Gasteiger partial charge is 0.506 e. The first-order valence-electron chi connectivity index (χ1n) is 10.1. The van der Waals surface area contributed by atoms with Crippen molar-refractivity contribution in [1.82, 2.24) is 4.98 Å². The molecule has 32 heavy (non-hydrogen) atoms. The van der Waals surface area contributed by atoms with Crippen LogP contribution in [0.3, 0.4) is 0 Å². The summed E-state index contributed by atoms with van der Waals surface area (Å²) in [5.41, 5.74) is 4.47. The van der Waals surface area contributed by atoms with E-state index in [1.165, 1.54) is 0 Å². The first-order valence-corrected chi connectivity index (χ1v) is 11.3. The highest BCUT2D eigenvalue weighted by Crippen LogP contribution is 2.42. The van der Waals surface area contributed by atoms with Gasteiger partial charge in [0, 0.05) is 35.6 Å². The molecular formula is C23H20ClN3O4S. The number of rotatable bonds is 3. The highest BCUT2D eigenvalue weighted by atomic mass is 35.5. The van der Waals surface area contributed by atoms with Crippen molar-refractivity contribution in [1.29, 1.82) is 0 Å². The molecule has 1 saturated heterocycles. The molecule has 164 valence electrons. The van der Waals surface area contributed by atoms with Gasteiger partial charge >= 0.3 is 4.87 Å². The van der Waals surface area contributed by atoms with Crippen LogP contribution in [0.2, 0.25) is 5.02 Å². The zero-order valence-electron chi connectivity index (χ0n) is 17.2. The van der Waals surface area contributed by atoms with Gasteiger partial charge in [0.2, 0.25) is 0 Å². The summed E-state index contributed by atoms with van der Waals surface area (Å²) in [6.45, 7) is 4.82. The van der Waals surface area contributed by atoms with Crippen LogP contribution >= 0.6 is 22.9 Å². The first-order chi connectivity index (χ1) is 15.4. The Kier molecular flexibility index (Phi) is 5.28. The number of carbonyl (C=O) groups excluding carboxylic acids is 1. The van der Waals surface area contributed by atoms with E-state index in [-0.39, 0.29) is 16.2 Å². The fourth-order valence-electron chi connectivity index (χ4n) is 4.06. The molecule has 3 heterocycles. The lowest BCUT2D eigenvalue weighted by atomic mass is 9.98. The molecule has 0 radical (unpaired) electrons. The third-order valence-corrected chi connectivity index (χ3v) is 6.99. The van der Waals surface area contributed by atoms with E-state index in [1.807, 2.05) is 24.3 Å². The number of morpholine rings is 1. The molecule has 1 fully saturated rings. The predicted molar refractivity (Wildman–Crippen MR) is 128 cm³/mol. The number of halogens is 1. The van der Waals surface area contributed by atoms with Crippen molar-refractivity contribution in [2.24, 2.45) is 0 Å². The second-order valence-corrected chi connectivity index (χ2v) is 9.06. The number of H-pyrrole nitrogens is 1. The first kappa shape index (κ1) is 20.8. The summed E-state index contributed by atoms with van der Waals surface area (Å²) in [4.78, 5) is 29.3. The number of ether oxygens (including phenoxy) is 1. The maximum Gasteiger partial charge on any atom is 0.305 e. The van der Waals surface area contributed by atoms with E-state index in [4.69, 9.17) is 16.3 Å². The van der Waals surface area contributed by atoms with Crippen LogP contribution in [0.4, 0.5) is 11.4 Å². The van der Waals surface area contributed by atoms with Crippen LogP contribution in [0.1, 0.15) is 16.1 Å². The molecule has 0 spiro atoms. The number of anilines is 2. The number of aromatic amines is 1. The van der Waals surface area contributed by atoms with Gasteiger partial charge in [-0.05, 0) is 36.8 Å². The van der Waals surface area contributed by atoms with Gasteiger partial charge in [0.25, 0.3) is 5.91 Å². The number of fused-ring (bicyclic) bond motifs is 1. The van der Waals surface area contributed by atoms with Gasteiger partial charge in [-0.25, -0.2) is 0 Å². The number of benzene rings is 2. The van der Waals surface area contributed by atoms with E-state index < -0.39 is 5.91 Å². The summed E-state index contributed by atoms with van der Waals surface area (Å²) in [6, 6.07) is 11.6. The Morgan fingerprint density at radius 1 is 1.12 bits per heavy atom. The minimum atomic E-state index is -0.436. The second-order valence-electron chi connectivity index (χ2n) is 7.67. The van der Waals surface area contributed by atoms with Crippen molar-refractivity contribution in [3.63, 3.8) is 0 Å². The molecule has 0 bridgehead atoms. The molecule has 2 aromatic carbocycles. The number of hydrogen-bond donors (Lipinski definition) is 3. The van der Waals surface area contributed by atoms with Gasteiger partial charge in [0.1, 0.15) is 5.76 Å². The lowest BCUT2D eigenvalue weighted by molar-refractivity contribution is -0.110. The lowest BCUT2D eigenvalue weighted by Gasteiger charge is -2.29. The Morgan fingerprint density at radius 3 is 2.50 bits per heavy atom. The number of carbonyl (C=O) groups is 1. The summed E-state index contributed by atoms with van der Waals surface area (Å²) in [5.74, 6) is -0.660. The summed E-state index contributed by atoms with van der Waals surface area (Å²) in [7, 11) is 0. The zero-order valence-corrected chi connectivity index (χ0v) is 18.8. The fourth-order valence-corrected chi connectivity index (χ4v) is 5.13. The molecule has 2 aliphatic rings. The standard InChI is InChI=1S/C23H20ClN3O4S/c1-12-21(32-23(30)25-12)20(28)19-16-10-15(17(24)11-18(16)26-22(19)29)13-2-4-14(5-3-13)27-6-8-31-9-7-27/h2-5,10-11,28H,6-9H2,1H3,(H,25,30)(H,26,29). The van der Waals surface area contributed by atoms with Gasteiger partial charge in [-0.2, -0.15) is 0 Å². The molecule has 3 aromatic rings. The Bertz CT molecular complexity index is 1300. The van der Waals surface area contributed by atoms with Crippen LogP contribution in [0, 0.1) is 6.92 Å². The third kappa shape index (κ3) is 3.60. The van der Waals surface area contributed by atoms with Gasteiger partial charge in [0.15, 0.2) is 0 Å². The summed E-state index contributed by atoms with van der Waals surface area (Å²) in [5, 5.41) is 14.1. The third-order valence-electron chi connectivity index (χ3n) is 5.68. The molecule has 0 unspecified atom stereocenters. The fraction of sp³-hybridized carbons (Fsp3) is 0.217. The molecule has 1 aromatic heterocycles. The van der Waals surface area contributed by atoms with Crippen molar-refractivity contribution >= 4 is 51.6 Å². The predicted octanol–water partition coefficient (Wildman–Crippen LogP) is 4.28. The van der Waals surface area contributed by atoms with Crippen LogP contribution in [-0.2, 0) is 9.53 Å². The number of nitrogens with one attached hydrogen (secondary N) is 2.